The van der Waals surface area contributed by atoms with Crippen molar-refractivity contribution in [2.24, 2.45) is 0 Å². The molecule has 2 aliphatic heterocycles. The molecular weight excluding hydrogens is 244 g/mol. The Morgan fingerprint density at radius 1 is 1.11 bits per heavy atom. The zero-order valence-electron chi connectivity index (χ0n) is 11.2. The molecule has 4 heteroatoms. The summed E-state index contributed by atoms with van der Waals surface area (Å²) in [6.45, 7) is 3.83. The van der Waals surface area contributed by atoms with E-state index < -0.39 is 5.79 Å². The first-order chi connectivity index (χ1) is 9.17. The number of aliphatic hydroxyl groups is 1. The van der Waals surface area contributed by atoms with Crippen molar-refractivity contribution < 1.29 is 19.3 Å². The lowest BCUT2D eigenvalue weighted by Gasteiger charge is -2.28. The van der Waals surface area contributed by atoms with Gasteiger partial charge in [0.15, 0.2) is 5.79 Å². The van der Waals surface area contributed by atoms with Gasteiger partial charge < -0.3 is 19.3 Å². The molecule has 1 N–H and O–H groups in total. The Balaban J connectivity index is 1.75. The Labute approximate surface area is 113 Å². The van der Waals surface area contributed by atoms with Crippen LogP contribution >= 0.6 is 0 Å². The topological polar surface area (TPSA) is 47.9 Å². The molecule has 0 spiro atoms. The first-order valence-electron chi connectivity index (χ1n) is 6.85. The maximum absolute atomic E-state index is 9.69. The summed E-state index contributed by atoms with van der Waals surface area (Å²) in [6.07, 6.45) is 1.14. The summed E-state index contributed by atoms with van der Waals surface area (Å²) in [6, 6.07) is 8.11. The highest BCUT2D eigenvalue weighted by molar-refractivity contribution is 5.27. The van der Waals surface area contributed by atoms with E-state index in [0.717, 1.165) is 17.5 Å². The zero-order chi connectivity index (χ0) is 13.3. The molecule has 2 aliphatic rings. The first kappa shape index (κ1) is 13.1. The van der Waals surface area contributed by atoms with Crippen molar-refractivity contribution in [3.05, 3.63) is 35.4 Å². The molecule has 2 atom stereocenters. The van der Waals surface area contributed by atoms with Crippen LogP contribution in [0.4, 0.5) is 0 Å². The van der Waals surface area contributed by atoms with Crippen LogP contribution in [-0.4, -0.2) is 31.0 Å². The van der Waals surface area contributed by atoms with Crippen molar-refractivity contribution in [3.8, 4) is 0 Å². The third-order valence-electron chi connectivity index (χ3n) is 3.90. The number of hydrogen-bond donors (Lipinski definition) is 1. The molecule has 0 radical (unpaired) electrons. The molecule has 0 aromatic heterocycles. The van der Waals surface area contributed by atoms with Crippen LogP contribution in [0.2, 0.25) is 0 Å². The van der Waals surface area contributed by atoms with Gasteiger partial charge in [-0.2, -0.15) is 0 Å². The predicted octanol–water partition coefficient (Wildman–Crippen LogP) is 2.12. The van der Waals surface area contributed by atoms with Crippen LogP contribution in [-0.2, 0) is 20.0 Å². The van der Waals surface area contributed by atoms with Gasteiger partial charge in [0.2, 0.25) is 0 Å². The summed E-state index contributed by atoms with van der Waals surface area (Å²) in [7, 11) is 0. The van der Waals surface area contributed by atoms with Gasteiger partial charge in [-0.05, 0) is 18.9 Å². The van der Waals surface area contributed by atoms with Crippen molar-refractivity contribution in [1.29, 1.82) is 0 Å². The molecule has 104 valence electrons. The monoisotopic (exact) mass is 264 g/mol. The highest BCUT2D eigenvalue weighted by Gasteiger charge is 2.33. The molecule has 2 fully saturated rings. The fourth-order valence-corrected chi connectivity index (χ4v) is 2.69. The van der Waals surface area contributed by atoms with Gasteiger partial charge in [0.1, 0.15) is 0 Å². The minimum absolute atomic E-state index is 0.00368. The van der Waals surface area contributed by atoms with E-state index >= 15 is 0 Å². The average molecular weight is 264 g/mol. The third-order valence-corrected chi connectivity index (χ3v) is 3.90. The Bertz CT molecular complexity index is 422. The van der Waals surface area contributed by atoms with Gasteiger partial charge in [-0.3, -0.25) is 0 Å². The molecule has 0 bridgehead atoms. The van der Waals surface area contributed by atoms with Crippen LogP contribution in [0, 0.1) is 0 Å². The van der Waals surface area contributed by atoms with Gasteiger partial charge in [-0.1, -0.05) is 24.3 Å². The molecule has 2 unspecified atom stereocenters. The van der Waals surface area contributed by atoms with Crippen LogP contribution in [0.1, 0.15) is 37.0 Å². The Morgan fingerprint density at radius 2 is 1.79 bits per heavy atom. The quantitative estimate of drug-likeness (QED) is 0.889. The van der Waals surface area contributed by atoms with Gasteiger partial charge in [0, 0.05) is 18.6 Å². The minimum atomic E-state index is -0.620. The van der Waals surface area contributed by atoms with Crippen LogP contribution in [0.5, 0.6) is 0 Å². The second kappa shape index (κ2) is 5.21. The minimum Gasteiger partial charge on any atom is -0.393 e. The molecule has 1 aromatic carbocycles. The maximum Gasteiger partial charge on any atom is 0.192 e. The van der Waals surface area contributed by atoms with Crippen molar-refractivity contribution in [3.63, 3.8) is 0 Å². The predicted molar refractivity (Wildman–Crippen MR) is 69.6 cm³/mol. The van der Waals surface area contributed by atoms with E-state index in [4.69, 9.17) is 14.2 Å². The summed E-state index contributed by atoms with van der Waals surface area (Å²) in [4.78, 5) is 0. The Kier molecular flexibility index (Phi) is 3.58. The number of hydrogen-bond acceptors (Lipinski definition) is 4. The van der Waals surface area contributed by atoms with Crippen molar-refractivity contribution in [2.45, 2.75) is 37.8 Å². The first-order valence-corrected chi connectivity index (χ1v) is 6.85. The van der Waals surface area contributed by atoms with Crippen LogP contribution in [0.15, 0.2) is 24.3 Å². The normalized spacial score (nSPS) is 30.4. The van der Waals surface area contributed by atoms with Gasteiger partial charge in [-0.15, -0.1) is 0 Å². The number of aliphatic hydroxyl groups excluding tert-OH is 1. The molecular formula is C15H20O4. The maximum atomic E-state index is 9.69. The van der Waals surface area contributed by atoms with Gasteiger partial charge in [-0.25, -0.2) is 0 Å². The van der Waals surface area contributed by atoms with E-state index in [-0.39, 0.29) is 12.2 Å². The average Bonchev–Trinajstić information content (AvgIpc) is 2.87. The lowest BCUT2D eigenvalue weighted by atomic mass is 9.97. The smallest absolute Gasteiger partial charge is 0.192 e. The molecule has 19 heavy (non-hydrogen) atoms. The highest BCUT2D eigenvalue weighted by atomic mass is 16.7. The van der Waals surface area contributed by atoms with Crippen LogP contribution in [0.3, 0.4) is 0 Å². The standard InChI is InChI=1S/C15H20O4/c1-15(18-8-9-19-15)12-4-2-11(3-5-12)14-10-13(16)6-7-17-14/h2-5,13-14,16H,6-10H2,1H3. The fraction of sp³-hybridized carbons (Fsp3) is 0.600. The molecule has 2 saturated heterocycles. The second-order valence-electron chi connectivity index (χ2n) is 5.30. The molecule has 0 saturated carbocycles. The summed E-state index contributed by atoms with van der Waals surface area (Å²) in [5, 5.41) is 9.69. The van der Waals surface area contributed by atoms with Gasteiger partial charge >= 0.3 is 0 Å². The van der Waals surface area contributed by atoms with E-state index in [1.807, 2.05) is 31.2 Å². The van der Waals surface area contributed by atoms with Crippen LogP contribution < -0.4 is 0 Å². The number of benzene rings is 1. The van der Waals surface area contributed by atoms with E-state index in [1.54, 1.807) is 0 Å². The Morgan fingerprint density at radius 3 is 2.42 bits per heavy atom. The summed E-state index contributed by atoms with van der Waals surface area (Å²) in [5.41, 5.74) is 2.12. The highest BCUT2D eigenvalue weighted by Crippen LogP contribution is 2.33. The van der Waals surface area contributed by atoms with Crippen molar-refractivity contribution >= 4 is 0 Å². The van der Waals surface area contributed by atoms with E-state index in [9.17, 15) is 5.11 Å². The molecule has 0 aliphatic carbocycles. The molecule has 4 nitrogen and oxygen atoms in total. The zero-order valence-corrected chi connectivity index (χ0v) is 11.2. The van der Waals surface area contributed by atoms with Crippen LogP contribution in [0.25, 0.3) is 0 Å². The second-order valence-corrected chi connectivity index (χ2v) is 5.30. The number of ether oxygens (including phenoxy) is 3. The summed E-state index contributed by atoms with van der Waals surface area (Å²) >= 11 is 0. The van der Waals surface area contributed by atoms with Crippen molar-refractivity contribution in [2.75, 3.05) is 19.8 Å². The lowest BCUT2D eigenvalue weighted by Crippen LogP contribution is -2.24. The van der Waals surface area contributed by atoms with E-state index in [1.165, 1.54) is 0 Å². The van der Waals surface area contributed by atoms with Crippen molar-refractivity contribution in [1.82, 2.24) is 0 Å². The molecule has 3 rings (SSSR count). The van der Waals surface area contributed by atoms with E-state index in [2.05, 4.69) is 0 Å². The molecule has 1 aromatic rings. The molecule has 2 heterocycles. The number of rotatable bonds is 2. The van der Waals surface area contributed by atoms with Gasteiger partial charge in [0.25, 0.3) is 0 Å². The summed E-state index contributed by atoms with van der Waals surface area (Å²) < 4.78 is 17.0. The summed E-state index contributed by atoms with van der Waals surface area (Å²) in [5.74, 6) is -0.620. The SMILES string of the molecule is CC1(c2ccc(C3CC(O)CCO3)cc2)OCCO1. The molecule has 0 amide bonds. The largest absolute Gasteiger partial charge is 0.393 e. The van der Waals surface area contributed by atoms with E-state index in [0.29, 0.717) is 26.2 Å². The fourth-order valence-electron chi connectivity index (χ4n) is 2.69. The third kappa shape index (κ3) is 2.67. The van der Waals surface area contributed by atoms with Gasteiger partial charge in [0.05, 0.1) is 25.4 Å². The lowest BCUT2D eigenvalue weighted by molar-refractivity contribution is -0.149. The Hall–Kier alpha value is -0.940.